The minimum absolute atomic E-state index is 0.0485. The highest BCUT2D eigenvalue weighted by Crippen LogP contribution is 2.26. The minimum atomic E-state index is -0.429. The van der Waals surface area contributed by atoms with Crippen LogP contribution in [-0.2, 0) is 9.53 Å². The zero-order valence-electron chi connectivity index (χ0n) is 17.9. The SMILES string of the molecule is CCOC(=O)c1[nH]c(C)c(C(=O)N2CCC(CC(=O)N3CCCCC3)CC2)c1C. The molecule has 0 atom stereocenters. The Kier molecular flexibility index (Phi) is 6.98. The molecule has 160 valence electrons. The molecule has 1 aromatic rings. The van der Waals surface area contributed by atoms with E-state index in [9.17, 15) is 14.4 Å². The van der Waals surface area contributed by atoms with Gasteiger partial charge in [0.15, 0.2) is 0 Å². The number of piperidine rings is 2. The van der Waals surface area contributed by atoms with Crippen molar-refractivity contribution in [1.82, 2.24) is 14.8 Å². The topological polar surface area (TPSA) is 82.7 Å². The van der Waals surface area contributed by atoms with Crippen LogP contribution in [0.3, 0.4) is 0 Å². The van der Waals surface area contributed by atoms with Crippen molar-refractivity contribution in [2.24, 2.45) is 5.92 Å². The Labute approximate surface area is 172 Å². The molecule has 1 N–H and O–H groups in total. The Morgan fingerprint density at radius 1 is 1.00 bits per heavy atom. The third-order valence-electron chi connectivity index (χ3n) is 6.20. The number of aromatic amines is 1. The number of carbonyl (C=O) groups is 3. The van der Waals surface area contributed by atoms with Crippen molar-refractivity contribution < 1.29 is 19.1 Å². The molecule has 2 amide bonds. The third kappa shape index (κ3) is 4.82. The Balaban J connectivity index is 1.57. The van der Waals surface area contributed by atoms with E-state index in [2.05, 4.69) is 4.98 Å². The first kappa shape index (κ1) is 21.4. The number of ether oxygens (including phenoxy) is 1. The average molecular weight is 404 g/mol. The van der Waals surface area contributed by atoms with Gasteiger partial charge in [-0.3, -0.25) is 9.59 Å². The first-order valence-electron chi connectivity index (χ1n) is 10.9. The van der Waals surface area contributed by atoms with Gasteiger partial charge < -0.3 is 19.5 Å². The van der Waals surface area contributed by atoms with Gasteiger partial charge in [-0.05, 0) is 64.4 Å². The van der Waals surface area contributed by atoms with Crippen molar-refractivity contribution >= 4 is 17.8 Å². The maximum Gasteiger partial charge on any atom is 0.355 e. The lowest BCUT2D eigenvalue weighted by atomic mass is 9.92. The maximum atomic E-state index is 13.1. The zero-order chi connectivity index (χ0) is 21.0. The fourth-order valence-corrected chi connectivity index (χ4v) is 4.50. The van der Waals surface area contributed by atoms with Crippen LogP contribution in [0.5, 0.6) is 0 Å². The summed E-state index contributed by atoms with van der Waals surface area (Å²) in [6.07, 6.45) is 5.73. The summed E-state index contributed by atoms with van der Waals surface area (Å²) in [6.45, 7) is 8.74. The molecular formula is C22H33N3O4. The van der Waals surface area contributed by atoms with Gasteiger partial charge in [-0.25, -0.2) is 4.79 Å². The quantitative estimate of drug-likeness (QED) is 0.766. The van der Waals surface area contributed by atoms with Gasteiger partial charge in [0.2, 0.25) is 5.91 Å². The predicted molar refractivity (Wildman–Crippen MR) is 110 cm³/mol. The summed E-state index contributed by atoms with van der Waals surface area (Å²) in [5, 5.41) is 0. The number of rotatable bonds is 5. The van der Waals surface area contributed by atoms with Crippen molar-refractivity contribution in [2.75, 3.05) is 32.8 Å². The molecule has 2 saturated heterocycles. The number of nitrogens with zero attached hydrogens (tertiary/aromatic N) is 2. The summed E-state index contributed by atoms with van der Waals surface area (Å²) >= 11 is 0. The first-order valence-corrected chi connectivity index (χ1v) is 10.9. The molecule has 0 unspecified atom stereocenters. The number of carbonyl (C=O) groups excluding carboxylic acids is 3. The second kappa shape index (κ2) is 9.46. The summed E-state index contributed by atoms with van der Waals surface area (Å²) in [5.74, 6) is 0.137. The number of aromatic nitrogens is 1. The molecule has 0 spiro atoms. The lowest BCUT2D eigenvalue weighted by Crippen LogP contribution is -2.41. The number of nitrogens with one attached hydrogen (secondary N) is 1. The molecule has 29 heavy (non-hydrogen) atoms. The predicted octanol–water partition coefficient (Wildman–Crippen LogP) is 3.06. The van der Waals surface area contributed by atoms with Crippen LogP contribution in [-0.4, -0.2) is 65.4 Å². The number of likely N-dealkylation sites (tertiary alicyclic amines) is 2. The van der Waals surface area contributed by atoms with E-state index in [1.54, 1.807) is 13.8 Å². The van der Waals surface area contributed by atoms with Crippen molar-refractivity contribution in [3.05, 3.63) is 22.5 Å². The Morgan fingerprint density at radius 2 is 1.66 bits per heavy atom. The highest BCUT2D eigenvalue weighted by molar-refractivity contribution is 6.01. The number of hydrogen-bond donors (Lipinski definition) is 1. The van der Waals surface area contributed by atoms with Gasteiger partial charge in [-0.15, -0.1) is 0 Å². The fraction of sp³-hybridized carbons (Fsp3) is 0.682. The van der Waals surface area contributed by atoms with Crippen LogP contribution in [0.2, 0.25) is 0 Å². The van der Waals surface area contributed by atoms with Gasteiger partial charge in [0.1, 0.15) is 5.69 Å². The Morgan fingerprint density at radius 3 is 2.28 bits per heavy atom. The van der Waals surface area contributed by atoms with Crippen molar-refractivity contribution in [3.63, 3.8) is 0 Å². The molecule has 2 aliphatic rings. The van der Waals surface area contributed by atoms with Crippen molar-refractivity contribution in [2.45, 2.75) is 59.3 Å². The number of hydrogen-bond acceptors (Lipinski definition) is 4. The van der Waals surface area contributed by atoms with E-state index in [0.717, 1.165) is 38.8 Å². The highest BCUT2D eigenvalue weighted by Gasteiger charge is 2.30. The minimum Gasteiger partial charge on any atom is -0.461 e. The molecule has 1 aromatic heterocycles. The number of aryl methyl sites for hydroxylation is 1. The van der Waals surface area contributed by atoms with Crippen LogP contribution >= 0.6 is 0 Å². The van der Waals surface area contributed by atoms with E-state index in [-0.39, 0.29) is 11.8 Å². The van der Waals surface area contributed by atoms with Crippen LogP contribution < -0.4 is 0 Å². The summed E-state index contributed by atoms with van der Waals surface area (Å²) in [7, 11) is 0. The molecular weight excluding hydrogens is 370 g/mol. The van der Waals surface area contributed by atoms with Crippen LogP contribution in [0.4, 0.5) is 0 Å². The molecule has 0 aliphatic carbocycles. The molecule has 0 radical (unpaired) electrons. The average Bonchev–Trinajstić information content (AvgIpc) is 3.03. The van der Waals surface area contributed by atoms with Crippen LogP contribution in [0.15, 0.2) is 0 Å². The molecule has 0 saturated carbocycles. The second-order valence-corrected chi connectivity index (χ2v) is 8.23. The van der Waals surface area contributed by atoms with Gasteiger partial charge in [0, 0.05) is 38.3 Å². The molecule has 3 rings (SSSR count). The number of amides is 2. The van der Waals surface area contributed by atoms with Crippen LogP contribution in [0.1, 0.15) is 77.6 Å². The Hall–Kier alpha value is -2.31. The molecule has 2 fully saturated rings. The van der Waals surface area contributed by atoms with Gasteiger partial charge >= 0.3 is 5.97 Å². The zero-order valence-corrected chi connectivity index (χ0v) is 17.9. The van der Waals surface area contributed by atoms with Crippen LogP contribution in [0, 0.1) is 19.8 Å². The van der Waals surface area contributed by atoms with Gasteiger partial charge in [-0.1, -0.05) is 0 Å². The molecule has 0 aromatic carbocycles. The lowest BCUT2D eigenvalue weighted by Gasteiger charge is -2.34. The largest absolute Gasteiger partial charge is 0.461 e. The summed E-state index contributed by atoms with van der Waals surface area (Å²) in [6, 6.07) is 0. The standard InChI is InChI=1S/C22H33N3O4/c1-4-29-22(28)20-15(2)19(16(3)23-20)21(27)25-12-8-17(9-13-25)14-18(26)24-10-6-5-7-11-24/h17,23H,4-14H2,1-3H3. The van der Waals surface area contributed by atoms with Gasteiger partial charge in [0.05, 0.1) is 12.2 Å². The van der Waals surface area contributed by atoms with Gasteiger partial charge in [-0.2, -0.15) is 0 Å². The number of esters is 1. The second-order valence-electron chi connectivity index (χ2n) is 8.23. The van der Waals surface area contributed by atoms with E-state index >= 15 is 0 Å². The lowest BCUT2D eigenvalue weighted by molar-refractivity contribution is -0.133. The van der Waals surface area contributed by atoms with Crippen LogP contribution in [0.25, 0.3) is 0 Å². The third-order valence-corrected chi connectivity index (χ3v) is 6.20. The normalized spacial score (nSPS) is 18.0. The van der Waals surface area contributed by atoms with Crippen molar-refractivity contribution in [1.29, 1.82) is 0 Å². The summed E-state index contributed by atoms with van der Waals surface area (Å²) in [5.41, 5.74) is 2.26. The monoisotopic (exact) mass is 403 g/mol. The first-order chi connectivity index (χ1) is 13.9. The van der Waals surface area contributed by atoms with E-state index < -0.39 is 5.97 Å². The van der Waals surface area contributed by atoms with E-state index in [0.29, 0.717) is 54.5 Å². The number of H-pyrrole nitrogens is 1. The highest BCUT2D eigenvalue weighted by atomic mass is 16.5. The molecule has 0 bridgehead atoms. The smallest absolute Gasteiger partial charge is 0.355 e. The van der Waals surface area contributed by atoms with E-state index in [1.807, 2.05) is 16.7 Å². The van der Waals surface area contributed by atoms with Crippen molar-refractivity contribution in [3.8, 4) is 0 Å². The van der Waals surface area contributed by atoms with E-state index in [4.69, 9.17) is 4.74 Å². The molecule has 7 heteroatoms. The summed E-state index contributed by atoms with van der Waals surface area (Å²) < 4.78 is 5.07. The molecule has 2 aliphatic heterocycles. The summed E-state index contributed by atoms with van der Waals surface area (Å²) in [4.78, 5) is 44.6. The maximum absolute atomic E-state index is 13.1. The molecule has 7 nitrogen and oxygen atoms in total. The molecule has 3 heterocycles. The fourth-order valence-electron chi connectivity index (χ4n) is 4.50. The van der Waals surface area contributed by atoms with Gasteiger partial charge in [0.25, 0.3) is 5.91 Å². The van der Waals surface area contributed by atoms with E-state index in [1.165, 1.54) is 6.42 Å². The Bertz CT molecular complexity index is 756.